The smallest absolute Gasteiger partial charge is 0.326 e. The van der Waals surface area contributed by atoms with E-state index in [0.717, 1.165) is 28.7 Å². The Morgan fingerprint density at radius 1 is 0.667 bits per heavy atom. The summed E-state index contributed by atoms with van der Waals surface area (Å²) in [4.78, 5) is 67.9. The summed E-state index contributed by atoms with van der Waals surface area (Å²) < 4.78 is 5.70. The maximum Gasteiger partial charge on any atom is 0.326 e. The highest BCUT2D eigenvalue weighted by Crippen LogP contribution is 2.28. The van der Waals surface area contributed by atoms with Gasteiger partial charge in [-0.15, -0.1) is 11.8 Å². The van der Waals surface area contributed by atoms with Crippen LogP contribution in [0, 0.1) is 0 Å². The molecule has 0 aromatic heterocycles. The molecule has 0 saturated heterocycles. The van der Waals surface area contributed by atoms with E-state index >= 15 is 0 Å². The third-order valence-corrected chi connectivity index (χ3v) is 10.4. The van der Waals surface area contributed by atoms with E-state index in [4.69, 9.17) is 4.74 Å². The number of benzene rings is 4. The number of carbonyl (C=O) groups excluding carboxylic acids is 4. The molecule has 4 aromatic rings. The lowest BCUT2D eigenvalue weighted by atomic mass is 9.99. The van der Waals surface area contributed by atoms with Gasteiger partial charge in [0, 0.05) is 24.5 Å². The van der Waals surface area contributed by atoms with E-state index in [1.165, 1.54) is 0 Å². The van der Waals surface area contributed by atoms with Crippen LogP contribution in [0.5, 0.6) is 5.75 Å². The molecule has 0 saturated carbocycles. The first-order valence-electron chi connectivity index (χ1n) is 17.8. The van der Waals surface area contributed by atoms with Crippen molar-refractivity contribution in [2.24, 2.45) is 0 Å². The molecule has 11 nitrogen and oxygen atoms in total. The quantitative estimate of drug-likeness (QED) is 0.168. The molecule has 7 rings (SSSR count). The number of carboxylic acid groups (broad SMARTS) is 1. The van der Waals surface area contributed by atoms with Gasteiger partial charge in [0.05, 0.1) is 0 Å². The number of aliphatic carboxylic acids is 1. The SMILES string of the molecule is O=C1COc2ccc(cc2)C[C@@H](C(=O)O)NC(=O)[C@H](Cc2ccccc2)NC(=O)[C@@H](Cc2ccc(-c3ccccc3)cc2)NC(=O)[C@H](CC2CC=CS2)N1. The molecule has 4 aromatic carbocycles. The fraction of sp³-hybridized carbons (Fsp3) is 0.262. The van der Waals surface area contributed by atoms with Crippen LogP contribution in [0.3, 0.4) is 0 Å². The largest absolute Gasteiger partial charge is 0.484 e. The number of rotatable bonds is 8. The highest BCUT2D eigenvalue weighted by molar-refractivity contribution is 8.03. The van der Waals surface area contributed by atoms with Gasteiger partial charge in [0.1, 0.15) is 29.9 Å². The van der Waals surface area contributed by atoms with E-state index in [9.17, 15) is 29.1 Å². The molecule has 0 radical (unpaired) electrons. The van der Waals surface area contributed by atoms with Crippen molar-refractivity contribution in [3.05, 3.63) is 137 Å². The maximum atomic E-state index is 14.3. The lowest BCUT2D eigenvalue weighted by Gasteiger charge is -2.27. The summed E-state index contributed by atoms with van der Waals surface area (Å²) in [5, 5.41) is 23.2. The number of nitrogens with one attached hydrogen (secondary N) is 4. The van der Waals surface area contributed by atoms with E-state index in [0.29, 0.717) is 17.7 Å². The number of allylic oxidation sites excluding steroid dienone is 1. The van der Waals surface area contributed by atoms with E-state index in [1.807, 2.05) is 84.3 Å². The van der Waals surface area contributed by atoms with Gasteiger partial charge in [-0.25, -0.2) is 4.79 Å². The summed E-state index contributed by atoms with van der Waals surface area (Å²) in [5.74, 6) is -3.29. The molecule has 54 heavy (non-hydrogen) atoms. The third kappa shape index (κ3) is 10.6. The van der Waals surface area contributed by atoms with Gasteiger partial charge in [-0.1, -0.05) is 103 Å². The molecule has 5 N–H and O–H groups in total. The van der Waals surface area contributed by atoms with Gasteiger partial charge in [-0.3, -0.25) is 19.2 Å². The Hall–Kier alpha value is -5.88. The number of ether oxygens (including phenoxy) is 1. The van der Waals surface area contributed by atoms with Crippen LogP contribution in [0.4, 0.5) is 0 Å². The van der Waals surface area contributed by atoms with Crippen molar-refractivity contribution >= 4 is 41.4 Å². The number of carboxylic acids is 1. The minimum Gasteiger partial charge on any atom is -0.484 e. The van der Waals surface area contributed by atoms with Gasteiger partial charge < -0.3 is 31.1 Å². The van der Waals surface area contributed by atoms with Crippen molar-refractivity contribution in [3.8, 4) is 16.9 Å². The van der Waals surface area contributed by atoms with Crippen LogP contribution in [0.15, 0.2) is 121 Å². The summed E-state index contributed by atoms with van der Waals surface area (Å²) >= 11 is 1.57. The van der Waals surface area contributed by atoms with Crippen LogP contribution < -0.4 is 26.0 Å². The first-order chi connectivity index (χ1) is 26.2. The first-order valence-corrected chi connectivity index (χ1v) is 18.8. The Morgan fingerprint density at radius 3 is 1.85 bits per heavy atom. The molecular formula is C42H42N4O7S. The lowest BCUT2D eigenvalue weighted by Crippen LogP contribution is -2.59. The standard InChI is InChI=1S/C42H42N4O7S/c47-38-26-53-32-19-15-29(16-20-32)24-37(42(51)52)46-40(49)34(22-27-8-3-1-4-9-27)44-39(48)35(45-41(50)36(43-38)25-33-12-7-21-54-33)23-28-13-17-31(18-14-28)30-10-5-2-6-11-30/h1-11,13-21,33-37H,12,22-26H2,(H,43,47)(H,44,48)(H,45,50)(H,46,49)(H,51,52)/t33?,34-,35+,36-,37-/m0/s1. The van der Waals surface area contributed by atoms with Gasteiger partial charge >= 0.3 is 5.97 Å². The summed E-state index contributed by atoms with van der Waals surface area (Å²) in [6.45, 7) is -0.369. The second-order valence-corrected chi connectivity index (χ2v) is 14.5. The van der Waals surface area contributed by atoms with E-state index in [-0.39, 0.29) is 31.1 Å². The average molecular weight is 747 g/mol. The summed E-state index contributed by atoms with van der Waals surface area (Å²) in [5.41, 5.74) is 4.09. The topological polar surface area (TPSA) is 163 Å². The fourth-order valence-corrected chi connectivity index (χ4v) is 7.37. The molecule has 1 unspecified atom stereocenters. The zero-order valence-electron chi connectivity index (χ0n) is 29.5. The molecule has 4 amide bonds. The van der Waals surface area contributed by atoms with Crippen molar-refractivity contribution in [1.29, 1.82) is 0 Å². The molecule has 0 spiro atoms. The second-order valence-electron chi connectivity index (χ2n) is 13.3. The van der Waals surface area contributed by atoms with Gasteiger partial charge in [0.15, 0.2) is 6.61 Å². The van der Waals surface area contributed by atoms with E-state index in [2.05, 4.69) is 21.3 Å². The van der Waals surface area contributed by atoms with Crippen LogP contribution in [0.2, 0.25) is 0 Å². The Morgan fingerprint density at radius 2 is 1.24 bits per heavy atom. The minimum atomic E-state index is -1.31. The van der Waals surface area contributed by atoms with Crippen LogP contribution in [-0.2, 0) is 43.2 Å². The predicted octanol–water partition coefficient (Wildman–Crippen LogP) is 4.21. The normalized spacial score (nSPS) is 22.4. The molecule has 0 aliphatic carbocycles. The molecular weight excluding hydrogens is 705 g/mol. The maximum absolute atomic E-state index is 14.3. The van der Waals surface area contributed by atoms with Crippen molar-refractivity contribution < 1.29 is 33.8 Å². The van der Waals surface area contributed by atoms with Crippen LogP contribution in [0.25, 0.3) is 11.1 Å². The van der Waals surface area contributed by atoms with E-state index in [1.54, 1.807) is 48.2 Å². The van der Waals surface area contributed by atoms with Crippen LogP contribution >= 0.6 is 11.8 Å². The number of thioether (sulfide) groups is 1. The molecule has 3 aliphatic rings. The number of fused-ring (bicyclic) bond motifs is 16. The number of amides is 4. The van der Waals surface area contributed by atoms with Crippen molar-refractivity contribution in [2.45, 2.75) is 61.5 Å². The Labute approximate surface area is 318 Å². The zero-order chi connectivity index (χ0) is 37.9. The first kappa shape index (κ1) is 37.9. The second kappa shape index (κ2) is 18.2. The molecule has 3 heterocycles. The fourth-order valence-electron chi connectivity index (χ4n) is 6.40. The molecule has 2 bridgehead atoms. The van der Waals surface area contributed by atoms with Crippen LogP contribution in [-0.4, -0.2) is 70.7 Å². The van der Waals surface area contributed by atoms with Gasteiger partial charge in [0.2, 0.25) is 17.7 Å². The molecule has 12 heteroatoms. The summed E-state index contributed by atoms with van der Waals surface area (Å²) in [7, 11) is 0. The summed E-state index contributed by atoms with van der Waals surface area (Å²) in [6.07, 6.45) is 3.13. The van der Waals surface area contributed by atoms with Crippen molar-refractivity contribution in [3.63, 3.8) is 0 Å². The Balaban J connectivity index is 1.33. The molecule has 5 atom stereocenters. The predicted molar refractivity (Wildman–Crippen MR) is 206 cm³/mol. The highest BCUT2D eigenvalue weighted by atomic mass is 32.2. The zero-order valence-corrected chi connectivity index (χ0v) is 30.3. The van der Waals surface area contributed by atoms with Crippen molar-refractivity contribution in [1.82, 2.24) is 21.3 Å². The van der Waals surface area contributed by atoms with Crippen LogP contribution in [0.1, 0.15) is 29.5 Å². The average Bonchev–Trinajstić information content (AvgIpc) is 3.70. The minimum absolute atomic E-state index is 0.0371. The monoisotopic (exact) mass is 746 g/mol. The lowest BCUT2D eigenvalue weighted by molar-refractivity contribution is -0.142. The van der Waals surface area contributed by atoms with Gasteiger partial charge in [0.25, 0.3) is 5.91 Å². The molecule has 3 aliphatic heterocycles. The number of hydrogen-bond donors (Lipinski definition) is 5. The summed E-state index contributed by atoms with van der Waals surface area (Å²) in [6, 6.07) is 28.4. The van der Waals surface area contributed by atoms with Crippen molar-refractivity contribution in [2.75, 3.05) is 6.61 Å². The van der Waals surface area contributed by atoms with Gasteiger partial charge in [-0.05, 0) is 58.2 Å². The Bertz CT molecular complexity index is 1950. The van der Waals surface area contributed by atoms with Gasteiger partial charge in [-0.2, -0.15) is 0 Å². The highest BCUT2D eigenvalue weighted by Gasteiger charge is 2.33. The molecule has 278 valence electrons. The third-order valence-electron chi connectivity index (χ3n) is 9.31. The number of carbonyl (C=O) groups is 5. The van der Waals surface area contributed by atoms with E-state index < -0.39 is 53.8 Å². The Kier molecular flexibility index (Phi) is 12.8. The molecule has 0 fully saturated rings. The number of hydrogen-bond acceptors (Lipinski definition) is 7.